The zero-order chi connectivity index (χ0) is 19.7. The van der Waals surface area contributed by atoms with Gasteiger partial charge in [-0.3, -0.25) is 4.40 Å². The Labute approximate surface area is 168 Å². The molecule has 2 heterocycles. The van der Waals surface area contributed by atoms with Crippen LogP contribution in [0.15, 0.2) is 47.6 Å². The SMILES string of the molecule is COc1ccc(OCCSc2nnc3cc(C)c4cc(C)cc(C)c4n23)cc1. The van der Waals surface area contributed by atoms with Crippen LogP contribution in [0.4, 0.5) is 0 Å². The predicted octanol–water partition coefficient (Wildman–Crippen LogP) is 4.99. The maximum atomic E-state index is 5.83. The normalized spacial score (nSPS) is 11.3. The lowest BCUT2D eigenvalue weighted by atomic mass is 10.0. The number of thioether (sulfide) groups is 1. The molecule has 4 rings (SSSR count). The topological polar surface area (TPSA) is 48.7 Å². The Bertz CT molecular complexity index is 1140. The van der Waals surface area contributed by atoms with Crippen molar-refractivity contribution in [2.75, 3.05) is 19.5 Å². The number of fused-ring (bicyclic) bond motifs is 3. The van der Waals surface area contributed by atoms with E-state index in [1.54, 1.807) is 18.9 Å². The van der Waals surface area contributed by atoms with Crippen LogP contribution in [0, 0.1) is 20.8 Å². The highest BCUT2D eigenvalue weighted by molar-refractivity contribution is 7.99. The Morgan fingerprint density at radius 1 is 0.929 bits per heavy atom. The monoisotopic (exact) mass is 393 g/mol. The minimum absolute atomic E-state index is 0.591. The molecule has 0 saturated carbocycles. The average molecular weight is 394 g/mol. The number of hydrogen-bond donors (Lipinski definition) is 0. The molecule has 0 fully saturated rings. The van der Waals surface area contributed by atoms with Gasteiger partial charge in [-0.05, 0) is 68.3 Å². The third-order valence-electron chi connectivity index (χ3n) is 4.74. The van der Waals surface area contributed by atoms with Crippen molar-refractivity contribution in [2.45, 2.75) is 25.9 Å². The Hall–Kier alpha value is -2.73. The second-order valence-electron chi connectivity index (χ2n) is 6.85. The van der Waals surface area contributed by atoms with Gasteiger partial charge < -0.3 is 9.47 Å². The molecule has 0 aliphatic carbocycles. The molecule has 0 amide bonds. The van der Waals surface area contributed by atoms with E-state index in [0.717, 1.165) is 28.1 Å². The maximum Gasteiger partial charge on any atom is 0.196 e. The van der Waals surface area contributed by atoms with E-state index in [1.807, 2.05) is 24.3 Å². The van der Waals surface area contributed by atoms with Gasteiger partial charge in [0.05, 0.1) is 19.2 Å². The summed E-state index contributed by atoms with van der Waals surface area (Å²) in [4.78, 5) is 0. The van der Waals surface area contributed by atoms with Crippen molar-refractivity contribution in [3.8, 4) is 11.5 Å². The number of ether oxygens (including phenoxy) is 2. The van der Waals surface area contributed by atoms with Gasteiger partial charge in [-0.15, -0.1) is 10.2 Å². The van der Waals surface area contributed by atoms with Crippen LogP contribution in [0.5, 0.6) is 11.5 Å². The van der Waals surface area contributed by atoms with Gasteiger partial charge in [-0.2, -0.15) is 0 Å². The first-order chi connectivity index (χ1) is 13.6. The molecule has 0 aliphatic rings. The highest BCUT2D eigenvalue weighted by Crippen LogP contribution is 2.29. The molecule has 0 atom stereocenters. The molecule has 0 saturated heterocycles. The number of aromatic nitrogens is 3. The molecule has 0 aliphatic heterocycles. The number of pyridine rings is 1. The highest BCUT2D eigenvalue weighted by atomic mass is 32.2. The van der Waals surface area contributed by atoms with Gasteiger partial charge in [0.15, 0.2) is 10.8 Å². The highest BCUT2D eigenvalue weighted by Gasteiger charge is 2.13. The molecule has 2 aromatic heterocycles. The Kier molecular flexibility index (Phi) is 5.13. The van der Waals surface area contributed by atoms with Gasteiger partial charge in [-0.1, -0.05) is 23.4 Å². The third kappa shape index (κ3) is 3.52. The number of hydrogen-bond acceptors (Lipinski definition) is 5. The van der Waals surface area contributed by atoms with E-state index in [9.17, 15) is 0 Å². The second kappa shape index (κ2) is 7.72. The molecule has 0 bridgehead atoms. The van der Waals surface area contributed by atoms with E-state index < -0.39 is 0 Å². The molecule has 5 nitrogen and oxygen atoms in total. The molecule has 28 heavy (non-hydrogen) atoms. The van der Waals surface area contributed by atoms with Crippen LogP contribution in [0.3, 0.4) is 0 Å². The first-order valence-corrected chi connectivity index (χ1v) is 10.2. The molecule has 0 spiro atoms. The maximum absolute atomic E-state index is 5.83. The zero-order valence-corrected chi connectivity index (χ0v) is 17.3. The number of benzene rings is 2. The summed E-state index contributed by atoms with van der Waals surface area (Å²) in [5.41, 5.74) is 5.79. The molecule has 6 heteroatoms. The van der Waals surface area contributed by atoms with Crippen LogP contribution < -0.4 is 9.47 Å². The molecule has 0 unspecified atom stereocenters. The molecular formula is C22H23N3O2S. The zero-order valence-electron chi connectivity index (χ0n) is 16.5. The summed E-state index contributed by atoms with van der Waals surface area (Å²) in [6, 6.07) is 14.2. The molecule has 2 aromatic carbocycles. The second-order valence-corrected chi connectivity index (χ2v) is 7.92. The summed E-state index contributed by atoms with van der Waals surface area (Å²) in [5.74, 6) is 2.44. The van der Waals surface area contributed by atoms with E-state index >= 15 is 0 Å². The number of aryl methyl sites for hydroxylation is 3. The Morgan fingerprint density at radius 3 is 2.43 bits per heavy atom. The van der Waals surface area contributed by atoms with Crippen LogP contribution in [-0.2, 0) is 0 Å². The van der Waals surface area contributed by atoms with E-state index in [2.05, 4.69) is 53.6 Å². The van der Waals surface area contributed by atoms with Crippen LogP contribution >= 0.6 is 11.8 Å². The lowest BCUT2D eigenvalue weighted by Gasteiger charge is -2.11. The van der Waals surface area contributed by atoms with Gasteiger partial charge in [-0.25, -0.2) is 0 Å². The minimum Gasteiger partial charge on any atom is -0.497 e. The number of nitrogens with zero attached hydrogens (tertiary/aromatic N) is 3. The Morgan fingerprint density at radius 2 is 1.68 bits per heavy atom. The van der Waals surface area contributed by atoms with Gasteiger partial charge in [0, 0.05) is 11.1 Å². The van der Waals surface area contributed by atoms with Crippen molar-refractivity contribution in [1.29, 1.82) is 0 Å². The third-order valence-corrected chi connectivity index (χ3v) is 5.63. The number of methoxy groups -OCH3 is 1. The largest absolute Gasteiger partial charge is 0.497 e. The van der Waals surface area contributed by atoms with Crippen LogP contribution in [0.2, 0.25) is 0 Å². The molecule has 0 radical (unpaired) electrons. The average Bonchev–Trinajstić information content (AvgIpc) is 3.08. The van der Waals surface area contributed by atoms with Crippen LogP contribution in [-0.4, -0.2) is 34.1 Å². The summed E-state index contributed by atoms with van der Waals surface area (Å²) < 4.78 is 13.2. The molecular weight excluding hydrogens is 370 g/mol. The van der Waals surface area contributed by atoms with Gasteiger partial charge in [0.2, 0.25) is 0 Å². The van der Waals surface area contributed by atoms with Gasteiger partial charge >= 0.3 is 0 Å². The van der Waals surface area contributed by atoms with Crippen molar-refractivity contribution in [3.05, 3.63) is 59.2 Å². The lowest BCUT2D eigenvalue weighted by molar-refractivity contribution is 0.342. The Balaban J connectivity index is 1.55. The van der Waals surface area contributed by atoms with E-state index in [0.29, 0.717) is 6.61 Å². The molecule has 0 N–H and O–H groups in total. The quantitative estimate of drug-likeness (QED) is 0.341. The van der Waals surface area contributed by atoms with Crippen molar-refractivity contribution in [2.24, 2.45) is 0 Å². The first kappa shape index (κ1) is 18.6. The minimum atomic E-state index is 0.591. The molecule has 4 aromatic rings. The van der Waals surface area contributed by atoms with E-state index in [-0.39, 0.29) is 0 Å². The fraction of sp³-hybridized carbons (Fsp3) is 0.273. The van der Waals surface area contributed by atoms with Crippen molar-refractivity contribution in [3.63, 3.8) is 0 Å². The summed E-state index contributed by atoms with van der Waals surface area (Å²) in [5, 5.41) is 11.0. The summed E-state index contributed by atoms with van der Waals surface area (Å²) >= 11 is 1.66. The van der Waals surface area contributed by atoms with Crippen LogP contribution in [0.1, 0.15) is 16.7 Å². The van der Waals surface area contributed by atoms with Crippen molar-refractivity contribution >= 4 is 28.3 Å². The fourth-order valence-corrected chi connectivity index (χ4v) is 4.23. The summed E-state index contributed by atoms with van der Waals surface area (Å²) in [7, 11) is 1.66. The van der Waals surface area contributed by atoms with E-state index in [1.165, 1.54) is 27.6 Å². The van der Waals surface area contributed by atoms with Crippen molar-refractivity contribution < 1.29 is 9.47 Å². The van der Waals surface area contributed by atoms with Gasteiger partial charge in [0.1, 0.15) is 11.5 Å². The smallest absolute Gasteiger partial charge is 0.196 e. The molecule has 144 valence electrons. The standard InChI is InChI=1S/C22H23N3O2S/c1-14-11-16(3)21-19(12-14)15(2)13-20-23-24-22(25(20)21)28-10-9-27-18-7-5-17(26-4)6-8-18/h5-8,11-13H,9-10H2,1-4H3. The fourth-order valence-electron chi connectivity index (χ4n) is 3.47. The lowest BCUT2D eigenvalue weighted by Crippen LogP contribution is -2.02. The number of rotatable bonds is 6. The summed E-state index contributed by atoms with van der Waals surface area (Å²) in [6.07, 6.45) is 0. The van der Waals surface area contributed by atoms with Gasteiger partial charge in [0.25, 0.3) is 0 Å². The van der Waals surface area contributed by atoms with Crippen molar-refractivity contribution in [1.82, 2.24) is 14.6 Å². The first-order valence-electron chi connectivity index (χ1n) is 9.22. The van der Waals surface area contributed by atoms with Crippen LogP contribution in [0.25, 0.3) is 16.6 Å². The summed E-state index contributed by atoms with van der Waals surface area (Å²) in [6.45, 7) is 7.00. The predicted molar refractivity (Wildman–Crippen MR) is 114 cm³/mol. The van der Waals surface area contributed by atoms with E-state index in [4.69, 9.17) is 9.47 Å².